The standard InChI is InChI=1S/C15H24N2O3/c1-5-17-10(2)8-13(11(17)3)9-14(16-12(4)18)6-7-15(19)20/h8,14H,5-7,9H2,1-4H3,(H,16,18)(H,19,20). The minimum atomic E-state index is -0.834. The minimum absolute atomic E-state index is 0.0669. The Labute approximate surface area is 120 Å². The van der Waals surface area contributed by atoms with Crippen molar-refractivity contribution in [3.05, 3.63) is 23.0 Å². The van der Waals surface area contributed by atoms with Gasteiger partial charge in [0.25, 0.3) is 0 Å². The smallest absolute Gasteiger partial charge is 0.303 e. The van der Waals surface area contributed by atoms with Gasteiger partial charge in [-0.15, -0.1) is 0 Å². The number of rotatable bonds is 7. The van der Waals surface area contributed by atoms with Crippen LogP contribution in [-0.4, -0.2) is 27.6 Å². The number of aromatic nitrogens is 1. The molecule has 0 radical (unpaired) electrons. The van der Waals surface area contributed by atoms with Crippen molar-refractivity contribution in [2.75, 3.05) is 0 Å². The molecule has 1 atom stereocenters. The number of nitrogens with one attached hydrogen (secondary N) is 1. The van der Waals surface area contributed by atoms with Crippen LogP contribution < -0.4 is 5.32 Å². The maximum Gasteiger partial charge on any atom is 0.303 e. The molecule has 0 aliphatic carbocycles. The summed E-state index contributed by atoms with van der Waals surface area (Å²) >= 11 is 0. The third kappa shape index (κ3) is 4.40. The highest BCUT2D eigenvalue weighted by Crippen LogP contribution is 2.18. The third-order valence-corrected chi connectivity index (χ3v) is 3.58. The summed E-state index contributed by atoms with van der Waals surface area (Å²) in [5.74, 6) is -0.955. The van der Waals surface area contributed by atoms with Gasteiger partial charge in [0.1, 0.15) is 0 Å². The molecule has 2 N–H and O–H groups in total. The van der Waals surface area contributed by atoms with Crippen molar-refractivity contribution >= 4 is 11.9 Å². The summed E-state index contributed by atoms with van der Waals surface area (Å²) in [7, 11) is 0. The monoisotopic (exact) mass is 280 g/mol. The number of carboxylic acids is 1. The summed E-state index contributed by atoms with van der Waals surface area (Å²) in [6, 6.07) is 1.99. The van der Waals surface area contributed by atoms with Crippen LogP contribution in [0, 0.1) is 13.8 Å². The van der Waals surface area contributed by atoms with E-state index in [0.717, 1.165) is 6.54 Å². The quantitative estimate of drug-likeness (QED) is 0.803. The molecular formula is C15H24N2O3. The first kappa shape index (κ1) is 16.3. The fourth-order valence-corrected chi connectivity index (χ4v) is 2.64. The van der Waals surface area contributed by atoms with Crippen molar-refractivity contribution < 1.29 is 14.7 Å². The van der Waals surface area contributed by atoms with Crippen LogP contribution in [0.25, 0.3) is 0 Å². The number of hydrogen-bond donors (Lipinski definition) is 2. The second-order valence-corrected chi connectivity index (χ2v) is 5.17. The van der Waals surface area contributed by atoms with Crippen molar-refractivity contribution in [3.8, 4) is 0 Å². The number of carbonyl (C=O) groups excluding carboxylic acids is 1. The van der Waals surface area contributed by atoms with Gasteiger partial charge in [0, 0.05) is 37.3 Å². The first-order valence-electron chi connectivity index (χ1n) is 6.99. The Morgan fingerprint density at radius 3 is 2.50 bits per heavy atom. The summed E-state index contributed by atoms with van der Waals surface area (Å²) in [4.78, 5) is 21.9. The molecule has 1 amide bonds. The highest BCUT2D eigenvalue weighted by molar-refractivity contribution is 5.73. The van der Waals surface area contributed by atoms with Crippen LogP contribution in [0.2, 0.25) is 0 Å². The van der Waals surface area contributed by atoms with Gasteiger partial charge < -0.3 is 15.0 Å². The van der Waals surface area contributed by atoms with E-state index < -0.39 is 5.97 Å². The molecular weight excluding hydrogens is 256 g/mol. The Morgan fingerprint density at radius 1 is 1.40 bits per heavy atom. The molecule has 112 valence electrons. The SMILES string of the molecule is CCn1c(C)cc(CC(CCC(=O)O)NC(C)=O)c1C. The predicted molar refractivity (Wildman–Crippen MR) is 77.8 cm³/mol. The van der Waals surface area contributed by atoms with E-state index in [-0.39, 0.29) is 18.4 Å². The summed E-state index contributed by atoms with van der Waals surface area (Å²) in [5, 5.41) is 11.6. The summed E-state index contributed by atoms with van der Waals surface area (Å²) in [5.41, 5.74) is 3.56. The fraction of sp³-hybridized carbons (Fsp3) is 0.600. The molecule has 0 saturated carbocycles. The van der Waals surface area contributed by atoms with Crippen molar-refractivity contribution in [1.29, 1.82) is 0 Å². The molecule has 0 aliphatic rings. The van der Waals surface area contributed by atoms with Gasteiger partial charge in [0.15, 0.2) is 0 Å². The van der Waals surface area contributed by atoms with Crippen molar-refractivity contribution in [2.45, 2.75) is 59.5 Å². The van der Waals surface area contributed by atoms with Gasteiger partial charge in [-0.25, -0.2) is 0 Å². The van der Waals surface area contributed by atoms with Gasteiger partial charge in [-0.2, -0.15) is 0 Å². The molecule has 1 aromatic rings. The number of carbonyl (C=O) groups is 2. The van der Waals surface area contributed by atoms with Crippen LogP contribution in [-0.2, 0) is 22.6 Å². The zero-order valence-corrected chi connectivity index (χ0v) is 12.7. The van der Waals surface area contributed by atoms with E-state index in [1.165, 1.54) is 23.9 Å². The van der Waals surface area contributed by atoms with Crippen LogP contribution in [0.3, 0.4) is 0 Å². The molecule has 1 rings (SSSR count). The van der Waals surface area contributed by atoms with Crippen LogP contribution in [0.1, 0.15) is 43.6 Å². The van der Waals surface area contributed by atoms with Gasteiger partial charge in [-0.3, -0.25) is 9.59 Å². The van der Waals surface area contributed by atoms with Crippen molar-refractivity contribution in [1.82, 2.24) is 9.88 Å². The predicted octanol–water partition coefficient (Wildman–Crippen LogP) is 2.04. The Bertz CT molecular complexity index is 492. The number of hydrogen-bond acceptors (Lipinski definition) is 2. The van der Waals surface area contributed by atoms with E-state index in [9.17, 15) is 9.59 Å². The van der Waals surface area contributed by atoms with Crippen LogP contribution in [0.4, 0.5) is 0 Å². The molecule has 5 nitrogen and oxygen atoms in total. The molecule has 0 aromatic carbocycles. The van der Waals surface area contributed by atoms with Crippen LogP contribution in [0.15, 0.2) is 6.07 Å². The summed E-state index contributed by atoms with van der Waals surface area (Å²) in [6.45, 7) is 8.60. The lowest BCUT2D eigenvalue weighted by Gasteiger charge is -2.17. The van der Waals surface area contributed by atoms with E-state index >= 15 is 0 Å². The van der Waals surface area contributed by atoms with Gasteiger partial charge in [-0.1, -0.05) is 0 Å². The lowest BCUT2D eigenvalue weighted by molar-refractivity contribution is -0.137. The average Bonchev–Trinajstić information content (AvgIpc) is 2.60. The molecule has 1 heterocycles. The van der Waals surface area contributed by atoms with E-state index in [2.05, 4.69) is 36.7 Å². The van der Waals surface area contributed by atoms with E-state index in [4.69, 9.17) is 5.11 Å². The molecule has 0 fully saturated rings. The summed E-state index contributed by atoms with van der Waals surface area (Å²) in [6.07, 6.45) is 1.19. The second kappa shape index (κ2) is 7.12. The Kier molecular flexibility index (Phi) is 5.80. The lowest BCUT2D eigenvalue weighted by Crippen LogP contribution is -2.35. The first-order chi connectivity index (χ1) is 9.35. The number of aryl methyl sites for hydroxylation is 1. The zero-order valence-electron chi connectivity index (χ0n) is 12.7. The molecule has 5 heteroatoms. The summed E-state index contributed by atoms with van der Waals surface area (Å²) < 4.78 is 2.22. The number of carboxylic acid groups (broad SMARTS) is 1. The van der Waals surface area contributed by atoms with Gasteiger partial charge >= 0.3 is 5.97 Å². The molecule has 0 bridgehead atoms. The number of nitrogens with zero attached hydrogens (tertiary/aromatic N) is 1. The zero-order chi connectivity index (χ0) is 15.3. The first-order valence-corrected chi connectivity index (χ1v) is 6.99. The van der Waals surface area contributed by atoms with Gasteiger partial charge in [0.2, 0.25) is 5.91 Å². The van der Waals surface area contributed by atoms with E-state index in [1.807, 2.05) is 0 Å². The Balaban J connectivity index is 2.83. The maximum absolute atomic E-state index is 11.2. The third-order valence-electron chi connectivity index (χ3n) is 3.58. The Hall–Kier alpha value is -1.78. The van der Waals surface area contributed by atoms with Crippen LogP contribution in [0.5, 0.6) is 0 Å². The highest BCUT2D eigenvalue weighted by Gasteiger charge is 2.16. The topological polar surface area (TPSA) is 71.3 Å². The Morgan fingerprint density at radius 2 is 2.05 bits per heavy atom. The number of aliphatic carboxylic acids is 1. The molecule has 0 saturated heterocycles. The molecule has 1 unspecified atom stereocenters. The molecule has 1 aromatic heterocycles. The van der Waals surface area contributed by atoms with Gasteiger partial charge in [-0.05, 0) is 45.2 Å². The molecule has 0 aliphatic heterocycles. The average molecular weight is 280 g/mol. The molecule has 0 spiro atoms. The highest BCUT2D eigenvalue weighted by atomic mass is 16.4. The number of amides is 1. The lowest BCUT2D eigenvalue weighted by atomic mass is 10.0. The van der Waals surface area contributed by atoms with Crippen molar-refractivity contribution in [2.24, 2.45) is 0 Å². The molecule has 20 heavy (non-hydrogen) atoms. The normalized spacial score (nSPS) is 12.2. The minimum Gasteiger partial charge on any atom is -0.481 e. The van der Waals surface area contributed by atoms with Gasteiger partial charge in [0.05, 0.1) is 0 Å². The second-order valence-electron chi connectivity index (χ2n) is 5.17. The van der Waals surface area contributed by atoms with Crippen molar-refractivity contribution in [3.63, 3.8) is 0 Å². The van der Waals surface area contributed by atoms with E-state index in [1.54, 1.807) is 0 Å². The van der Waals surface area contributed by atoms with E-state index in [0.29, 0.717) is 12.8 Å². The maximum atomic E-state index is 11.2. The largest absolute Gasteiger partial charge is 0.481 e. The van der Waals surface area contributed by atoms with Crippen LogP contribution >= 0.6 is 0 Å². The fourth-order valence-electron chi connectivity index (χ4n) is 2.64.